The summed E-state index contributed by atoms with van der Waals surface area (Å²) in [6.07, 6.45) is 60.9. The molecule has 0 aliphatic rings. The average Bonchev–Trinajstić information content (AvgIpc) is 0.975. The van der Waals surface area contributed by atoms with Crippen molar-refractivity contribution in [2.24, 2.45) is 11.8 Å². The summed E-state index contributed by atoms with van der Waals surface area (Å²) >= 11 is 0. The average molecular weight is 1450 g/mol. The van der Waals surface area contributed by atoms with Crippen LogP contribution in [0.25, 0.3) is 0 Å². The van der Waals surface area contributed by atoms with E-state index in [1.165, 1.54) is 238 Å². The van der Waals surface area contributed by atoms with Crippen LogP contribution >= 0.6 is 15.6 Å². The number of aliphatic hydroxyl groups is 1. The molecule has 0 bridgehead atoms. The molecule has 99 heavy (non-hydrogen) atoms. The van der Waals surface area contributed by atoms with Crippen LogP contribution in [-0.2, 0) is 65.4 Å². The third-order valence-electron chi connectivity index (χ3n) is 18.7. The molecule has 0 spiro atoms. The van der Waals surface area contributed by atoms with Crippen LogP contribution in [0.3, 0.4) is 0 Å². The predicted molar refractivity (Wildman–Crippen MR) is 405 cm³/mol. The van der Waals surface area contributed by atoms with Gasteiger partial charge >= 0.3 is 39.5 Å². The fraction of sp³-hybridized carbons (Fsp3) is 0.950. The predicted octanol–water partition coefficient (Wildman–Crippen LogP) is 23.9. The van der Waals surface area contributed by atoms with Crippen molar-refractivity contribution in [3.05, 3.63) is 0 Å². The first kappa shape index (κ1) is 97.1. The van der Waals surface area contributed by atoms with E-state index in [9.17, 15) is 43.2 Å². The second-order valence-electron chi connectivity index (χ2n) is 29.8. The number of rotatable bonds is 79. The fourth-order valence-electron chi connectivity index (χ4n) is 12.4. The van der Waals surface area contributed by atoms with Crippen LogP contribution < -0.4 is 0 Å². The second-order valence-corrected chi connectivity index (χ2v) is 32.7. The summed E-state index contributed by atoms with van der Waals surface area (Å²) < 4.78 is 68.7. The number of carbonyl (C=O) groups excluding carboxylic acids is 4. The second kappa shape index (κ2) is 71.7. The van der Waals surface area contributed by atoms with E-state index in [2.05, 4.69) is 41.5 Å². The molecule has 0 aromatic rings. The van der Waals surface area contributed by atoms with E-state index in [1.807, 2.05) is 0 Å². The highest BCUT2D eigenvalue weighted by atomic mass is 31.2. The zero-order valence-corrected chi connectivity index (χ0v) is 66.6. The fourth-order valence-corrected chi connectivity index (χ4v) is 13.9. The number of hydrogen-bond acceptors (Lipinski definition) is 15. The number of phosphoric acid groups is 2. The van der Waals surface area contributed by atoms with Crippen LogP contribution in [0, 0.1) is 11.8 Å². The van der Waals surface area contributed by atoms with Gasteiger partial charge in [0.25, 0.3) is 0 Å². The quantitative estimate of drug-likeness (QED) is 0.0222. The van der Waals surface area contributed by atoms with Crippen molar-refractivity contribution in [2.45, 2.75) is 439 Å². The normalized spacial score (nSPS) is 13.9. The Hall–Kier alpha value is -1.94. The highest BCUT2D eigenvalue weighted by Crippen LogP contribution is 2.45. The molecule has 17 nitrogen and oxygen atoms in total. The molecular formula is C80H156O17P2. The van der Waals surface area contributed by atoms with Gasteiger partial charge in [0.2, 0.25) is 0 Å². The van der Waals surface area contributed by atoms with Crippen LogP contribution in [0.2, 0.25) is 0 Å². The Kier molecular flexibility index (Phi) is 70.3. The molecule has 0 aliphatic carbocycles. The maximum atomic E-state index is 13.1. The monoisotopic (exact) mass is 1450 g/mol. The summed E-state index contributed by atoms with van der Waals surface area (Å²) in [6, 6.07) is 0. The number of ether oxygens (including phenoxy) is 4. The van der Waals surface area contributed by atoms with E-state index in [1.54, 1.807) is 0 Å². The first-order valence-electron chi connectivity index (χ1n) is 41.5. The highest BCUT2D eigenvalue weighted by Gasteiger charge is 2.30. The highest BCUT2D eigenvalue weighted by molar-refractivity contribution is 7.47. The maximum Gasteiger partial charge on any atom is 0.472 e. The van der Waals surface area contributed by atoms with Gasteiger partial charge in [-0.2, -0.15) is 0 Å². The minimum absolute atomic E-state index is 0.106. The largest absolute Gasteiger partial charge is 0.472 e. The van der Waals surface area contributed by atoms with Crippen molar-refractivity contribution in [3.63, 3.8) is 0 Å². The SMILES string of the molecule is CCCCCCCCCCCCCCCCCCC(=O)OC[C@H](COP(=O)(O)OC[C@@H](O)COP(=O)(O)OC[C@@H](COC(=O)CCCCCCCCCCCCC)OC(=O)CCCCCCCCCCCCC(C)C)OC(=O)CCCCCCCCCCCCCCCCCCC(C)C. The lowest BCUT2D eigenvalue weighted by atomic mass is 10.0. The Bertz CT molecular complexity index is 1910. The molecule has 0 saturated carbocycles. The molecule has 0 saturated heterocycles. The Labute approximate surface area is 607 Å². The Balaban J connectivity index is 5.24. The minimum Gasteiger partial charge on any atom is -0.462 e. The van der Waals surface area contributed by atoms with E-state index >= 15 is 0 Å². The molecular weight excluding hydrogens is 1290 g/mol. The summed E-state index contributed by atoms with van der Waals surface area (Å²) in [5.74, 6) is -0.547. The zero-order valence-electron chi connectivity index (χ0n) is 64.8. The molecule has 0 rings (SSSR count). The molecule has 2 unspecified atom stereocenters. The number of phosphoric ester groups is 2. The summed E-state index contributed by atoms with van der Waals surface area (Å²) in [4.78, 5) is 73.0. The van der Waals surface area contributed by atoms with Gasteiger partial charge in [-0.15, -0.1) is 0 Å². The van der Waals surface area contributed by atoms with Gasteiger partial charge in [0.15, 0.2) is 12.2 Å². The van der Waals surface area contributed by atoms with Gasteiger partial charge in [-0.3, -0.25) is 37.3 Å². The van der Waals surface area contributed by atoms with Gasteiger partial charge in [-0.1, -0.05) is 369 Å². The lowest BCUT2D eigenvalue weighted by molar-refractivity contribution is -0.161. The van der Waals surface area contributed by atoms with Crippen molar-refractivity contribution in [2.75, 3.05) is 39.6 Å². The molecule has 5 atom stereocenters. The standard InChI is InChI=1S/C80H156O17P2/c1-7-9-11-13-15-17-19-20-21-25-28-32-39-45-51-57-63-78(83)91-69-75(96-79(84)64-58-52-46-40-33-29-26-23-22-24-27-31-36-42-48-54-60-72(3)4)70-94-98(86,87)92-66-74(81)67-93-99(88,89)95-71-76(68-90-77(82)62-56-50-44-38-30-18-16-14-12-10-8-2)97-80(85)65-59-53-47-41-35-34-37-43-49-55-61-73(5)6/h72-76,81H,7-71H2,1-6H3,(H,86,87)(H,88,89)/t74-,75-,76-/m1/s1. The van der Waals surface area contributed by atoms with Gasteiger partial charge in [0.05, 0.1) is 26.4 Å². The lowest BCUT2D eigenvalue weighted by Gasteiger charge is -2.21. The van der Waals surface area contributed by atoms with Crippen LogP contribution in [0.15, 0.2) is 0 Å². The third kappa shape index (κ3) is 74.1. The minimum atomic E-state index is -4.96. The van der Waals surface area contributed by atoms with Crippen LogP contribution in [-0.4, -0.2) is 96.7 Å². The van der Waals surface area contributed by atoms with Gasteiger partial charge in [-0.05, 0) is 37.5 Å². The Morgan fingerprint density at radius 1 is 0.273 bits per heavy atom. The molecule has 0 fully saturated rings. The Morgan fingerprint density at radius 2 is 0.465 bits per heavy atom. The van der Waals surface area contributed by atoms with Crippen molar-refractivity contribution >= 4 is 39.5 Å². The van der Waals surface area contributed by atoms with Crippen molar-refractivity contribution in [1.29, 1.82) is 0 Å². The number of aliphatic hydroxyl groups excluding tert-OH is 1. The van der Waals surface area contributed by atoms with Gasteiger partial charge in [0, 0.05) is 25.7 Å². The molecule has 0 aromatic heterocycles. The van der Waals surface area contributed by atoms with E-state index < -0.39 is 97.5 Å². The van der Waals surface area contributed by atoms with E-state index in [-0.39, 0.29) is 25.7 Å². The van der Waals surface area contributed by atoms with Gasteiger partial charge in [0.1, 0.15) is 19.3 Å². The summed E-state index contributed by atoms with van der Waals surface area (Å²) in [7, 11) is -9.92. The topological polar surface area (TPSA) is 237 Å². The summed E-state index contributed by atoms with van der Waals surface area (Å²) in [6.45, 7) is 9.65. The van der Waals surface area contributed by atoms with Crippen LogP contribution in [0.1, 0.15) is 420 Å². The number of unbranched alkanes of at least 4 members (excludes halogenated alkanes) is 49. The van der Waals surface area contributed by atoms with Crippen molar-refractivity contribution in [1.82, 2.24) is 0 Å². The molecule has 0 amide bonds. The summed E-state index contributed by atoms with van der Waals surface area (Å²) in [5, 5.41) is 10.6. The smallest absolute Gasteiger partial charge is 0.462 e. The van der Waals surface area contributed by atoms with E-state index in [0.29, 0.717) is 25.7 Å². The zero-order chi connectivity index (χ0) is 72.8. The number of esters is 4. The summed E-state index contributed by atoms with van der Waals surface area (Å²) in [5.41, 5.74) is 0. The molecule has 19 heteroatoms. The maximum absolute atomic E-state index is 13.1. The lowest BCUT2D eigenvalue weighted by Crippen LogP contribution is -2.30. The molecule has 0 aliphatic heterocycles. The Morgan fingerprint density at radius 3 is 0.687 bits per heavy atom. The molecule has 0 heterocycles. The van der Waals surface area contributed by atoms with E-state index in [0.717, 1.165) is 102 Å². The number of hydrogen-bond donors (Lipinski definition) is 3. The third-order valence-corrected chi connectivity index (χ3v) is 20.6. The van der Waals surface area contributed by atoms with Crippen LogP contribution in [0.5, 0.6) is 0 Å². The molecule has 3 N–H and O–H groups in total. The van der Waals surface area contributed by atoms with Gasteiger partial charge < -0.3 is 33.8 Å². The number of carbonyl (C=O) groups is 4. The van der Waals surface area contributed by atoms with Crippen molar-refractivity contribution < 1.29 is 80.2 Å². The first-order valence-corrected chi connectivity index (χ1v) is 44.5. The first-order chi connectivity index (χ1) is 47.9. The van der Waals surface area contributed by atoms with Gasteiger partial charge in [-0.25, -0.2) is 9.13 Å². The molecule has 0 aromatic carbocycles. The van der Waals surface area contributed by atoms with E-state index in [4.69, 9.17) is 37.0 Å². The van der Waals surface area contributed by atoms with Crippen LogP contribution in [0.4, 0.5) is 0 Å². The van der Waals surface area contributed by atoms with Crippen molar-refractivity contribution in [3.8, 4) is 0 Å². The molecule has 0 radical (unpaired) electrons. The molecule has 588 valence electrons.